The first-order valence-electron chi connectivity index (χ1n) is 5.31. The molecule has 2 nitrogen and oxygen atoms in total. The van der Waals surface area contributed by atoms with Gasteiger partial charge in [0.1, 0.15) is 0 Å². The van der Waals surface area contributed by atoms with Gasteiger partial charge in [0.15, 0.2) is 0 Å². The van der Waals surface area contributed by atoms with Crippen molar-refractivity contribution in [2.45, 2.75) is 13.1 Å². The average Bonchev–Trinajstić information content (AvgIpc) is 2.67. The van der Waals surface area contributed by atoms with Crippen LogP contribution in [0.3, 0.4) is 0 Å². The minimum absolute atomic E-state index is 0. The molecule has 0 aliphatic rings. The van der Waals surface area contributed by atoms with Crippen molar-refractivity contribution in [3.05, 3.63) is 58.9 Å². The normalized spacial score (nSPS) is 10.0. The zero-order valence-electron chi connectivity index (χ0n) is 9.69. The first kappa shape index (κ1) is 14.1. The molecule has 4 heteroatoms. The summed E-state index contributed by atoms with van der Waals surface area (Å²) in [5, 5.41) is 4.20. The van der Waals surface area contributed by atoms with Crippen LogP contribution in [0.4, 0.5) is 0 Å². The summed E-state index contributed by atoms with van der Waals surface area (Å²) in [4.78, 5) is 0. The molecule has 0 aliphatic heterocycles. The Morgan fingerprint density at radius 2 is 1.88 bits per heavy atom. The Balaban J connectivity index is 0.00000144. The summed E-state index contributed by atoms with van der Waals surface area (Å²) in [7, 11) is 2.05. The molecule has 1 heterocycles. The highest BCUT2D eigenvalue weighted by Crippen LogP contribution is 2.14. The van der Waals surface area contributed by atoms with E-state index in [9.17, 15) is 0 Å². The Bertz CT molecular complexity index is 466. The summed E-state index contributed by atoms with van der Waals surface area (Å²) >= 11 is 6.07. The number of benzene rings is 1. The van der Waals surface area contributed by atoms with Crippen LogP contribution in [0.2, 0.25) is 5.02 Å². The van der Waals surface area contributed by atoms with Gasteiger partial charge in [-0.1, -0.05) is 29.8 Å². The summed E-state index contributed by atoms with van der Waals surface area (Å²) in [5.74, 6) is 0. The number of hydrogen-bond acceptors (Lipinski definition) is 1. The van der Waals surface area contributed by atoms with Gasteiger partial charge >= 0.3 is 0 Å². The van der Waals surface area contributed by atoms with E-state index in [0.717, 1.165) is 23.7 Å². The molecule has 2 rings (SSSR count). The van der Waals surface area contributed by atoms with Gasteiger partial charge in [0, 0.05) is 37.1 Å². The predicted octanol–water partition coefficient (Wildman–Crippen LogP) is 3.39. The third-order valence-electron chi connectivity index (χ3n) is 2.63. The molecule has 92 valence electrons. The van der Waals surface area contributed by atoms with E-state index < -0.39 is 0 Å². The first-order valence-corrected chi connectivity index (χ1v) is 5.69. The van der Waals surface area contributed by atoms with Crippen LogP contribution >= 0.6 is 24.0 Å². The fourth-order valence-electron chi connectivity index (χ4n) is 1.65. The number of hydrogen-bond donors (Lipinski definition) is 1. The van der Waals surface area contributed by atoms with Gasteiger partial charge in [0.2, 0.25) is 0 Å². The zero-order valence-corrected chi connectivity index (χ0v) is 11.3. The molecule has 0 unspecified atom stereocenters. The van der Waals surface area contributed by atoms with Crippen LogP contribution in [0.1, 0.15) is 11.3 Å². The second-order valence-electron chi connectivity index (χ2n) is 3.81. The Labute approximate surface area is 113 Å². The quantitative estimate of drug-likeness (QED) is 0.902. The van der Waals surface area contributed by atoms with Crippen LogP contribution in [-0.4, -0.2) is 4.57 Å². The lowest BCUT2D eigenvalue weighted by molar-refractivity contribution is 0.655. The number of nitrogens with zero attached hydrogens (tertiary/aromatic N) is 1. The minimum atomic E-state index is 0. The summed E-state index contributed by atoms with van der Waals surface area (Å²) in [6, 6.07) is 12.1. The van der Waals surface area contributed by atoms with Crippen molar-refractivity contribution in [2.24, 2.45) is 7.05 Å². The van der Waals surface area contributed by atoms with Crippen molar-refractivity contribution in [2.75, 3.05) is 0 Å². The molecule has 0 spiro atoms. The summed E-state index contributed by atoms with van der Waals surface area (Å²) in [5.41, 5.74) is 2.41. The third kappa shape index (κ3) is 3.77. The number of nitrogens with one attached hydrogen (secondary N) is 1. The van der Waals surface area contributed by atoms with Crippen LogP contribution in [0.15, 0.2) is 42.6 Å². The number of rotatable bonds is 4. The molecule has 0 amide bonds. The van der Waals surface area contributed by atoms with Crippen molar-refractivity contribution in [3.63, 3.8) is 0 Å². The maximum absolute atomic E-state index is 6.07. The Morgan fingerprint density at radius 1 is 1.12 bits per heavy atom. The molecule has 17 heavy (non-hydrogen) atoms. The second kappa shape index (κ2) is 6.70. The van der Waals surface area contributed by atoms with Crippen LogP contribution in [0.25, 0.3) is 0 Å². The highest BCUT2D eigenvalue weighted by molar-refractivity contribution is 6.31. The lowest BCUT2D eigenvalue weighted by Crippen LogP contribution is -2.14. The molecule has 2 aromatic rings. The molecule has 0 aliphatic carbocycles. The minimum Gasteiger partial charge on any atom is -0.353 e. The van der Waals surface area contributed by atoms with Crippen LogP contribution in [0, 0.1) is 0 Å². The predicted molar refractivity (Wildman–Crippen MR) is 74.7 cm³/mol. The lowest BCUT2D eigenvalue weighted by Gasteiger charge is -2.07. The monoisotopic (exact) mass is 270 g/mol. The summed E-state index contributed by atoms with van der Waals surface area (Å²) < 4.78 is 2.11. The van der Waals surface area contributed by atoms with Crippen molar-refractivity contribution < 1.29 is 0 Å². The molecular weight excluding hydrogens is 255 g/mol. The molecule has 0 radical (unpaired) electrons. The van der Waals surface area contributed by atoms with E-state index in [1.807, 2.05) is 43.6 Å². The molecule has 0 fully saturated rings. The van der Waals surface area contributed by atoms with E-state index in [1.54, 1.807) is 0 Å². The standard InChI is InChI=1S/C13H15ClN2.ClH/c1-16-8-4-6-12(16)10-15-9-11-5-2-3-7-13(11)14;/h2-8,15H,9-10H2,1H3;1H. The highest BCUT2D eigenvalue weighted by Gasteiger charge is 1.99. The van der Waals surface area contributed by atoms with E-state index in [1.165, 1.54) is 5.69 Å². The van der Waals surface area contributed by atoms with Gasteiger partial charge in [0.05, 0.1) is 0 Å². The summed E-state index contributed by atoms with van der Waals surface area (Å²) in [6.45, 7) is 1.65. The third-order valence-corrected chi connectivity index (χ3v) is 3.00. The molecule has 0 atom stereocenters. The Hall–Kier alpha value is -0.960. The van der Waals surface area contributed by atoms with Crippen LogP contribution in [0.5, 0.6) is 0 Å². The van der Waals surface area contributed by atoms with Gasteiger partial charge in [0.25, 0.3) is 0 Å². The molecule has 1 aromatic carbocycles. The van der Waals surface area contributed by atoms with Gasteiger partial charge in [-0.3, -0.25) is 0 Å². The summed E-state index contributed by atoms with van der Waals surface area (Å²) in [6.07, 6.45) is 2.05. The van der Waals surface area contributed by atoms with Crippen molar-refractivity contribution in [1.82, 2.24) is 9.88 Å². The van der Waals surface area contributed by atoms with Gasteiger partial charge < -0.3 is 9.88 Å². The maximum atomic E-state index is 6.07. The fourth-order valence-corrected chi connectivity index (χ4v) is 1.85. The number of aryl methyl sites for hydroxylation is 1. The topological polar surface area (TPSA) is 17.0 Å². The average molecular weight is 271 g/mol. The molecule has 1 N–H and O–H groups in total. The molecule has 0 saturated heterocycles. The molecular formula is C13H16Cl2N2. The number of aromatic nitrogens is 1. The van der Waals surface area contributed by atoms with Crippen molar-refractivity contribution in [1.29, 1.82) is 0 Å². The molecule has 0 saturated carbocycles. The van der Waals surface area contributed by atoms with Gasteiger partial charge in [-0.05, 0) is 23.8 Å². The van der Waals surface area contributed by atoms with Crippen LogP contribution < -0.4 is 5.32 Å². The zero-order chi connectivity index (χ0) is 11.4. The maximum Gasteiger partial charge on any atom is 0.0450 e. The first-order chi connectivity index (χ1) is 7.77. The van der Waals surface area contributed by atoms with Gasteiger partial charge in [-0.15, -0.1) is 12.4 Å². The van der Waals surface area contributed by atoms with E-state index in [4.69, 9.17) is 11.6 Å². The van der Waals surface area contributed by atoms with Crippen LogP contribution in [-0.2, 0) is 20.1 Å². The van der Waals surface area contributed by atoms with Crippen molar-refractivity contribution >= 4 is 24.0 Å². The van der Waals surface area contributed by atoms with E-state index in [0.29, 0.717) is 0 Å². The Kier molecular flexibility index (Phi) is 5.56. The fraction of sp³-hybridized carbons (Fsp3) is 0.231. The highest BCUT2D eigenvalue weighted by atomic mass is 35.5. The van der Waals surface area contributed by atoms with E-state index in [2.05, 4.69) is 16.0 Å². The Morgan fingerprint density at radius 3 is 2.53 bits per heavy atom. The molecule has 1 aromatic heterocycles. The largest absolute Gasteiger partial charge is 0.353 e. The smallest absolute Gasteiger partial charge is 0.0450 e. The van der Waals surface area contributed by atoms with E-state index in [-0.39, 0.29) is 12.4 Å². The number of halogens is 2. The van der Waals surface area contributed by atoms with Crippen molar-refractivity contribution in [3.8, 4) is 0 Å². The van der Waals surface area contributed by atoms with Gasteiger partial charge in [-0.2, -0.15) is 0 Å². The lowest BCUT2D eigenvalue weighted by atomic mass is 10.2. The SMILES string of the molecule is Cl.Cn1cccc1CNCc1ccccc1Cl. The van der Waals surface area contributed by atoms with Gasteiger partial charge in [-0.25, -0.2) is 0 Å². The second-order valence-corrected chi connectivity index (χ2v) is 4.21. The van der Waals surface area contributed by atoms with E-state index >= 15 is 0 Å². The molecule has 0 bridgehead atoms.